The van der Waals surface area contributed by atoms with Crippen molar-refractivity contribution in [1.82, 2.24) is 9.55 Å². The van der Waals surface area contributed by atoms with Crippen molar-refractivity contribution in [2.24, 2.45) is 0 Å². The van der Waals surface area contributed by atoms with Crippen molar-refractivity contribution >= 4 is 10.9 Å². The highest BCUT2D eigenvalue weighted by atomic mass is 19.1. The van der Waals surface area contributed by atoms with Crippen LogP contribution in [0.15, 0.2) is 47.7 Å². The van der Waals surface area contributed by atoms with E-state index < -0.39 is 17.1 Å². The second-order valence-corrected chi connectivity index (χ2v) is 4.65. The Hall–Kier alpha value is -2.56. The third-order valence-corrected chi connectivity index (χ3v) is 3.46. The number of pyridine rings is 2. The van der Waals surface area contributed by atoms with Gasteiger partial charge in [-0.15, -0.1) is 0 Å². The fourth-order valence-electron chi connectivity index (χ4n) is 2.45. The van der Waals surface area contributed by atoms with E-state index in [0.717, 1.165) is 6.07 Å². The lowest BCUT2D eigenvalue weighted by atomic mass is 10.0. The van der Waals surface area contributed by atoms with Crippen LogP contribution in [0.5, 0.6) is 0 Å². The van der Waals surface area contributed by atoms with Crippen molar-refractivity contribution in [2.75, 3.05) is 0 Å². The van der Waals surface area contributed by atoms with Crippen LogP contribution in [-0.4, -0.2) is 9.55 Å². The molecule has 0 aliphatic heterocycles. The number of aromatic nitrogens is 2. The molecule has 0 radical (unpaired) electrons. The van der Waals surface area contributed by atoms with Gasteiger partial charge in [-0.05, 0) is 30.7 Å². The fourth-order valence-corrected chi connectivity index (χ4v) is 2.45. The van der Waals surface area contributed by atoms with Crippen LogP contribution in [0.1, 0.15) is 6.92 Å². The summed E-state index contributed by atoms with van der Waals surface area (Å²) in [6.07, 6.45) is 4.45. The van der Waals surface area contributed by atoms with Crippen LogP contribution in [0, 0.1) is 11.6 Å². The van der Waals surface area contributed by atoms with E-state index in [-0.39, 0.29) is 16.5 Å². The molecule has 106 valence electrons. The SMILES string of the molecule is CCn1ccc(=O)c2cc(F)c(-c3ccncc3)c(F)c21. The monoisotopic (exact) mass is 286 g/mol. The van der Waals surface area contributed by atoms with Gasteiger partial charge in [-0.25, -0.2) is 8.78 Å². The van der Waals surface area contributed by atoms with Crippen LogP contribution in [0.2, 0.25) is 0 Å². The third kappa shape index (κ3) is 2.11. The summed E-state index contributed by atoms with van der Waals surface area (Å²) in [5.41, 5.74) is -0.0226. The van der Waals surface area contributed by atoms with Crippen LogP contribution in [0.4, 0.5) is 8.78 Å². The standard InChI is InChI=1S/C16H12F2N2O/c1-2-20-8-5-13(21)11-9-12(17)14(15(18)16(11)20)10-3-6-19-7-4-10/h3-9H,2H2,1H3. The predicted octanol–water partition coefficient (Wildman–Crippen LogP) is 3.36. The summed E-state index contributed by atoms with van der Waals surface area (Å²) in [6.45, 7) is 2.31. The lowest BCUT2D eigenvalue weighted by Crippen LogP contribution is -2.10. The van der Waals surface area contributed by atoms with E-state index in [1.165, 1.54) is 36.8 Å². The molecule has 3 aromatic rings. The molecule has 21 heavy (non-hydrogen) atoms. The van der Waals surface area contributed by atoms with E-state index in [4.69, 9.17) is 0 Å². The second kappa shape index (κ2) is 5.09. The van der Waals surface area contributed by atoms with Crippen LogP contribution in [0.25, 0.3) is 22.0 Å². The Kier molecular flexibility index (Phi) is 3.25. The topological polar surface area (TPSA) is 34.9 Å². The van der Waals surface area contributed by atoms with E-state index >= 15 is 0 Å². The molecule has 0 bridgehead atoms. The summed E-state index contributed by atoms with van der Waals surface area (Å²) < 4.78 is 30.7. The summed E-state index contributed by atoms with van der Waals surface area (Å²) in [5, 5.41) is 0.0483. The molecule has 0 fully saturated rings. The average Bonchev–Trinajstić information content (AvgIpc) is 2.49. The van der Waals surface area contributed by atoms with Gasteiger partial charge in [0.25, 0.3) is 0 Å². The molecular weight excluding hydrogens is 274 g/mol. The summed E-state index contributed by atoms with van der Waals surface area (Å²) in [5.74, 6) is -1.48. The minimum absolute atomic E-state index is 0.0483. The van der Waals surface area contributed by atoms with Crippen LogP contribution in [-0.2, 0) is 6.54 Å². The molecule has 3 nitrogen and oxygen atoms in total. The molecule has 0 amide bonds. The van der Waals surface area contributed by atoms with Crippen molar-refractivity contribution in [3.05, 3.63) is 64.7 Å². The number of rotatable bonds is 2. The molecule has 0 aliphatic rings. The molecule has 0 unspecified atom stereocenters. The Balaban J connectivity index is 2.46. The zero-order valence-electron chi connectivity index (χ0n) is 11.3. The molecule has 5 heteroatoms. The number of hydrogen-bond acceptors (Lipinski definition) is 2. The summed E-state index contributed by atoms with van der Waals surface area (Å²) in [7, 11) is 0. The molecular formula is C16H12F2N2O. The summed E-state index contributed by atoms with van der Waals surface area (Å²) in [6, 6.07) is 5.48. The van der Waals surface area contributed by atoms with Crippen molar-refractivity contribution in [3.8, 4) is 11.1 Å². The molecule has 2 heterocycles. The smallest absolute Gasteiger partial charge is 0.189 e. The first kappa shape index (κ1) is 13.4. The Bertz CT molecular complexity index is 873. The van der Waals surface area contributed by atoms with Gasteiger partial charge in [0.15, 0.2) is 11.2 Å². The van der Waals surface area contributed by atoms with Gasteiger partial charge in [-0.1, -0.05) is 0 Å². The Morgan fingerprint density at radius 1 is 1.19 bits per heavy atom. The van der Waals surface area contributed by atoms with Gasteiger partial charge in [0.05, 0.1) is 16.5 Å². The zero-order chi connectivity index (χ0) is 15.0. The summed E-state index contributed by atoms with van der Waals surface area (Å²) in [4.78, 5) is 15.7. The van der Waals surface area contributed by atoms with E-state index in [2.05, 4.69) is 4.98 Å². The van der Waals surface area contributed by atoms with Crippen LogP contribution >= 0.6 is 0 Å². The number of aryl methyl sites for hydroxylation is 1. The maximum absolute atomic E-state index is 14.8. The van der Waals surface area contributed by atoms with Crippen molar-refractivity contribution in [2.45, 2.75) is 13.5 Å². The lowest BCUT2D eigenvalue weighted by Gasteiger charge is -2.13. The molecule has 0 aliphatic carbocycles. The van der Waals surface area contributed by atoms with Crippen molar-refractivity contribution in [3.63, 3.8) is 0 Å². The molecule has 0 saturated heterocycles. The van der Waals surface area contributed by atoms with E-state index in [1.54, 1.807) is 4.57 Å². The zero-order valence-corrected chi connectivity index (χ0v) is 11.3. The average molecular weight is 286 g/mol. The Morgan fingerprint density at radius 2 is 1.90 bits per heavy atom. The van der Waals surface area contributed by atoms with Gasteiger partial charge >= 0.3 is 0 Å². The van der Waals surface area contributed by atoms with Gasteiger partial charge in [0, 0.05) is 31.2 Å². The largest absolute Gasteiger partial charge is 0.345 e. The number of halogens is 2. The second-order valence-electron chi connectivity index (χ2n) is 4.65. The number of hydrogen-bond donors (Lipinski definition) is 0. The first-order valence-electron chi connectivity index (χ1n) is 6.55. The minimum Gasteiger partial charge on any atom is -0.345 e. The molecule has 0 atom stereocenters. The molecule has 3 rings (SSSR count). The van der Waals surface area contributed by atoms with Gasteiger partial charge in [-0.3, -0.25) is 9.78 Å². The maximum Gasteiger partial charge on any atom is 0.189 e. The van der Waals surface area contributed by atoms with Gasteiger partial charge < -0.3 is 4.57 Å². The molecule has 0 N–H and O–H groups in total. The molecule has 2 aromatic heterocycles. The first-order chi connectivity index (χ1) is 10.1. The third-order valence-electron chi connectivity index (χ3n) is 3.46. The van der Waals surface area contributed by atoms with Crippen molar-refractivity contribution in [1.29, 1.82) is 0 Å². The number of fused-ring (bicyclic) bond motifs is 1. The van der Waals surface area contributed by atoms with E-state index in [1.807, 2.05) is 6.92 Å². The maximum atomic E-state index is 14.8. The quantitative estimate of drug-likeness (QED) is 0.724. The van der Waals surface area contributed by atoms with Crippen LogP contribution < -0.4 is 5.43 Å². The number of benzene rings is 1. The Morgan fingerprint density at radius 3 is 2.57 bits per heavy atom. The highest BCUT2D eigenvalue weighted by molar-refractivity contribution is 5.85. The highest BCUT2D eigenvalue weighted by Crippen LogP contribution is 2.30. The normalized spacial score (nSPS) is 11.0. The Labute approximate surface area is 119 Å². The fraction of sp³-hybridized carbons (Fsp3) is 0.125. The number of nitrogens with zero attached hydrogens (tertiary/aromatic N) is 2. The van der Waals surface area contributed by atoms with E-state index in [0.29, 0.717) is 12.1 Å². The molecule has 0 saturated carbocycles. The lowest BCUT2D eigenvalue weighted by molar-refractivity contribution is 0.590. The van der Waals surface area contributed by atoms with Gasteiger partial charge in [0.2, 0.25) is 0 Å². The first-order valence-corrected chi connectivity index (χ1v) is 6.55. The predicted molar refractivity (Wildman–Crippen MR) is 77.0 cm³/mol. The molecule has 1 aromatic carbocycles. The highest BCUT2D eigenvalue weighted by Gasteiger charge is 2.18. The van der Waals surface area contributed by atoms with Gasteiger partial charge in [-0.2, -0.15) is 0 Å². The van der Waals surface area contributed by atoms with Crippen molar-refractivity contribution < 1.29 is 8.78 Å². The van der Waals surface area contributed by atoms with Crippen LogP contribution in [0.3, 0.4) is 0 Å². The minimum atomic E-state index is -0.753. The summed E-state index contributed by atoms with van der Waals surface area (Å²) >= 11 is 0. The van der Waals surface area contributed by atoms with Gasteiger partial charge in [0.1, 0.15) is 5.82 Å². The van der Waals surface area contributed by atoms with E-state index in [9.17, 15) is 13.6 Å². The molecule has 0 spiro atoms.